The number of ketones is 1. The average Bonchev–Trinajstić information content (AvgIpc) is 2.82. The monoisotopic (exact) mass is 258 g/mol. The van der Waals surface area contributed by atoms with Crippen molar-refractivity contribution < 1.29 is 4.79 Å². The van der Waals surface area contributed by atoms with Crippen LogP contribution in [-0.2, 0) is 4.79 Å². The van der Waals surface area contributed by atoms with E-state index >= 15 is 0 Å². The van der Waals surface area contributed by atoms with Crippen molar-refractivity contribution >= 4 is 17.1 Å². The van der Waals surface area contributed by atoms with Crippen molar-refractivity contribution in [2.75, 3.05) is 18.0 Å². The molecule has 19 heavy (non-hydrogen) atoms. The van der Waals surface area contributed by atoms with Gasteiger partial charge in [0.25, 0.3) is 0 Å². The van der Waals surface area contributed by atoms with Gasteiger partial charge in [-0.2, -0.15) is 5.10 Å². The predicted molar refractivity (Wildman–Crippen MR) is 73.5 cm³/mol. The fraction of sp³-hybridized carbons (Fsp3) is 0.500. The molecule has 100 valence electrons. The van der Waals surface area contributed by atoms with E-state index in [2.05, 4.69) is 34.9 Å². The van der Waals surface area contributed by atoms with Gasteiger partial charge in [-0.15, -0.1) is 0 Å². The summed E-state index contributed by atoms with van der Waals surface area (Å²) in [4.78, 5) is 18.1. The number of hydrogen-bond donors (Lipinski definition) is 0. The van der Waals surface area contributed by atoms with Crippen LogP contribution in [0.4, 0.5) is 5.82 Å². The molecule has 1 saturated heterocycles. The minimum Gasteiger partial charge on any atom is -0.347 e. The molecule has 0 unspecified atom stereocenters. The molecule has 0 bridgehead atoms. The summed E-state index contributed by atoms with van der Waals surface area (Å²) in [5.74, 6) is 1.55. The zero-order chi connectivity index (χ0) is 13.4. The second kappa shape index (κ2) is 4.64. The first-order valence-electron chi connectivity index (χ1n) is 6.76. The highest BCUT2D eigenvalue weighted by molar-refractivity contribution is 5.86. The largest absolute Gasteiger partial charge is 0.347 e. The van der Waals surface area contributed by atoms with E-state index in [4.69, 9.17) is 0 Å². The SMILES string of the molecule is CC(C)c1cc2c(N3CCCC(=O)C3)nccn2n1. The highest BCUT2D eigenvalue weighted by Gasteiger charge is 2.21. The molecular formula is C14H18N4O. The van der Waals surface area contributed by atoms with Gasteiger partial charge in [-0.25, -0.2) is 9.50 Å². The molecule has 1 fully saturated rings. The number of piperidine rings is 1. The molecule has 2 aromatic rings. The summed E-state index contributed by atoms with van der Waals surface area (Å²) in [6, 6.07) is 2.08. The maximum atomic E-state index is 11.6. The summed E-state index contributed by atoms with van der Waals surface area (Å²) in [6.07, 6.45) is 5.21. The van der Waals surface area contributed by atoms with Crippen LogP contribution in [0.2, 0.25) is 0 Å². The van der Waals surface area contributed by atoms with Crippen molar-refractivity contribution in [1.82, 2.24) is 14.6 Å². The molecule has 5 heteroatoms. The Bertz CT molecular complexity index is 617. The van der Waals surface area contributed by atoms with Crippen LogP contribution in [0.15, 0.2) is 18.5 Å². The van der Waals surface area contributed by atoms with Gasteiger partial charge in [-0.3, -0.25) is 4.79 Å². The summed E-state index contributed by atoms with van der Waals surface area (Å²) < 4.78 is 1.86. The molecule has 3 heterocycles. The van der Waals surface area contributed by atoms with E-state index in [0.717, 1.165) is 30.0 Å². The highest BCUT2D eigenvalue weighted by atomic mass is 16.1. The van der Waals surface area contributed by atoms with E-state index in [-0.39, 0.29) is 0 Å². The van der Waals surface area contributed by atoms with E-state index in [1.54, 1.807) is 6.20 Å². The molecule has 1 aliphatic rings. The zero-order valence-corrected chi connectivity index (χ0v) is 11.3. The number of carbonyl (C=O) groups is 1. The summed E-state index contributed by atoms with van der Waals surface area (Å²) in [5, 5.41) is 4.55. The van der Waals surface area contributed by atoms with Crippen LogP contribution in [0.1, 0.15) is 38.3 Å². The molecule has 0 atom stereocenters. The van der Waals surface area contributed by atoms with Gasteiger partial charge in [0.2, 0.25) is 0 Å². The number of carbonyl (C=O) groups excluding carboxylic acids is 1. The maximum Gasteiger partial charge on any atom is 0.155 e. The first-order valence-corrected chi connectivity index (χ1v) is 6.76. The quantitative estimate of drug-likeness (QED) is 0.827. The van der Waals surface area contributed by atoms with Crippen molar-refractivity contribution in [2.24, 2.45) is 0 Å². The van der Waals surface area contributed by atoms with E-state index in [1.165, 1.54) is 0 Å². The Morgan fingerprint density at radius 2 is 2.21 bits per heavy atom. The number of Topliss-reactive ketones (excluding diaryl/α,β-unsaturated/α-hetero) is 1. The van der Waals surface area contributed by atoms with Crippen molar-refractivity contribution in [1.29, 1.82) is 0 Å². The lowest BCUT2D eigenvalue weighted by atomic mass is 10.1. The minimum absolute atomic E-state index is 0.290. The Morgan fingerprint density at radius 1 is 1.37 bits per heavy atom. The molecule has 3 rings (SSSR count). The van der Waals surface area contributed by atoms with Gasteiger partial charge in [-0.1, -0.05) is 13.8 Å². The molecule has 0 saturated carbocycles. The van der Waals surface area contributed by atoms with Gasteiger partial charge in [-0.05, 0) is 18.4 Å². The Morgan fingerprint density at radius 3 is 2.95 bits per heavy atom. The van der Waals surface area contributed by atoms with Crippen LogP contribution in [0, 0.1) is 0 Å². The van der Waals surface area contributed by atoms with Gasteiger partial charge in [0.15, 0.2) is 11.6 Å². The molecule has 0 aliphatic carbocycles. The number of rotatable bonds is 2. The fourth-order valence-corrected chi connectivity index (χ4v) is 2.47. The molecule has 1 aliphatic heterocycles. The van der Waals surface area contributed by atoms with Crippen molar-refractivity contribution in [2.45, 2.75) is 32.6 Å². The van der Waals surface area contributed by atoms with E-state index in [0.29, 0.717) is 24.7 Å². The third-order valence-electron chi connectivity index (χ3n) is 3.53. The highest BCUT2D eigenvalue weighted by Crippen LogP contribution is 2.24. The average molecular weight is 258 g/mol. The molecular weight excluding hydrogens is 240 g/mol. The molecule has 5 nitrogen and oxygen atoms in total. The maximum absolute atomic E-state index is 11.6. The van der Waals surface area contributed by atoms with E-state index in [1.807, 2.05) is 10.7 Å². The van der Waals surface area contributed by atoms with Crippen molar-refractivity contribution in [3.8, 4) is 0 Å². The van der Waals surface area contributed by atoms with E-state index < -0.39 is 0 Å². The fourth-order valence-electron chi connectivity index (χ4n) is 2.47. The van der Waals surface area contributed by atoms with Gasteiger partial charge in [0.1, 0.15) is 5.52 Å². The van der Waals surface area contributed by atoms with Gasteiger partial charge in [0.05, 0.1) is 12.2 Å². The zero-order valence-electron chi connectivity index (χ0n) is 11.3. The molecule has 0 N–H and O–H groups in total. The first kappa shape index (κ1) is 12.1. The smallest absolute Gasteiger partial charge is 0.155 e. The second-order valence-electron chi connectivity index (χ2n) is 5.37. The summed E-state index contributed by atoms with van der Waals surface area (Å²) in [6.45, 7) is 5.61. The summed E-state index contributed by atoms with van der Waals surface area (Å²) >= 11 is 0. The predicted octanol–water partition coefficient (Wildman–Crippen LogP) is 2.02. The number of nitrogens with zero attached hydrogens (tertiary/aromatic N) is 4. The Hall–Kier alpha value is -1.91. The molecule has 0 spiro atoms. The Labute approximate surface area is 112 Å². The van der Waals surface area contributed by atoms with Crippen LogP contribution in [0.3, 0.4) is 0 Å². The number of hydrogen-bond acceptors (Lipinski definition) is 4. The van der Waals surface area contributed by atoms with Crippen LogP contribution < -0.4 is 4.90 Å². The van der Waals surface area contributed by atoms with Crippen LogP contribution in [-0.4, -0.2) is 33.5 Å². The Kier molecular flexibility index (Phi) is 2.97. The third kappa shape index (κ3) is 2.20. The lowest BCUT2D eigenvalue weighted by molar-refractivity contribution is -0.118. The summed E-state index contributed by atoms with van der Waals surface area (Å²) in [5.41, 5.74) is 2.04. The normalized spacial score (nSPS) is 16.6. The van der Waals surface area contributed by atoms with Gasteiger partial charge >= 0.3 is 0 Å². The second-order valence-corrected chi connectivity index (χ2v) is 5.37. The molecule has 2 aromatic heterocycles. The topological polar surface area (TPSA) is 50.5 Å². The van der Waals surface area contributed by atoms with Crippen molar-refractivity contribution in [3.63, 3.8) is 0 Å². The first-order chi connectivity index (χ1) is 9.15. The molecule has 0 aromatic carbocycles. The lowest BCUT2D eigenvalue weighted by Crippen LogP contribution is -2.36. The van der Waals surface area contributed by atoms with Gasteiger partial charge < -0.3 is 4.90 Å². The molecule has 0 amide bonds. The van der Waals surface area contributed by atoms with Crippen LogP contribution >= 0.6 is 0 Å². The third-order valence-corrected chi connectivity index (χ3v) is 3.53. The summed E-state index contributed by atoms with van der Waals surface area (Å²) in [7, 11) is 0. The van der Waals surface area contributed by atoms with E-state index in [9.17, 15) is 4.79 Å². The number of anilines is 1. The van der Waals surface area contributed by atoms with Crippen molar-refractivity contribution in [3.05, 3.63) is 24.2 Å². The van der Waals surface area contributed by atoms with Gasteiger partial charge in [0, 0.05) is 25.4 Å². The van der Waals surface area contributed by atoms with Crippen LogP contribution in [0.25, 0.3) is 5.52 Å². The lowest BCUT2D eigenvalue weighted by Gasteiger charge is -2.27. The minimum atomic E-state index is 0.290. The van der Waals surface area contributed by atoms with Crippen LogP contribution in [0.5, 0.6) is 0 Å². The molecule has 0 radical (unpaired) electrons. The number of aromatic nitrogens is 3. The number of fused-ring (bicyclic) bond motifs is 1. The standard InChI is InChI=1S/C14H18N4O/c1-10(2)12-8-13-14(15-5-7-18(13)16-12)17-6-3-4-11(19)9-17/h5,7-8,10H,3-4,6,9H2,1-2H3. The Balaban J connectivity index is 2.05.